The molecule has 8 nitrogen and oxygen atoms in total. The summed E-state index contributed by atoms with van der Waals surface area (Å²) in [5.74, 6) is 1.95. The summed E-state index contributed by atoms with van der Waals surface area (Å²) in [5, 5.41) is 7.76. The lowest BCUT2D eigenvalue weighted by Gasteiger charge is -2.30. The monoisotopic (exact) mass is 490 g/mol. The van der Waals surface area contributed by atoms with E-state index in [2.05, 4.69) is 25.3 Å². The van der Waals surface area contributed by atoms with E-state index in [1.807, 2.05) is 60.2 Å². The molecule has 0 saturated carbocycles. The average Bonchev–Trinajstić information content (AvgIpc) is 3.52. The normalized spacial score (nSPS) is 16.3. The van der Waals surface area contributed by atoms with Crippen molar-refractivity contribution in [3.05, 3.63) is 83.2 Å². The molecule has 4 aromatic rings. The molecular weight excluding hydrogens is 464 g/mol. The van der Waals surface area contributed by atoms with E-state index in [4.69, 9.17) is 16.1 Å². The van der Waals surface area contributed by atoms with E-state index in [0.717, 1.165) is 42.0 Å². The van der Waals surface area contributed by atoms with Crippen molar-refractivity contribution in [1.29, 1.82) is 0 Å². The Hall–Kier alpha value is -3.49. The Bertz CT molecular complexity index is 1300. The highest BCUT2D eigenvalue weighted by atomic mass is 35.5. The molecule has 9 heteroatoms. The number of aryl methyl sites for hydroxylation is 1. The van der Waals surface area contributed by atoms with Gasteiger partial charge in [-0.15, -0.1) is 0 Å². The number of imidazole rings is 1. The smallest absolute Gasteiger partial charge is 0.241 e. The number of nitrogens with one attached hydrogen (secondary N) is 1. The molecule has 1 aliphatic rings. The first-order chi connectivity index (χ1) is 17.1. The van der Waals surface area contributed by atoms with E-state index in [1.54, 1.807) is 12.3 Å². The van der Waals surface area contributed by atoms with Crippen molar-refractivity contribution in [2.75, 3.05) is 13.1 Å². The van der Waals surface area contributed by atoms with Crippen molar-refractivity contribution < 1.29 is 9.32 Å². The predicted molar refractivity (Wildman–Crippen MR) is 133 cm³/mol. The van der Waals surface area contributed by atoms with Gasteiger partial charge in [-0.2, -0.15) is 4.98 Å². The number of aromatic nitrogens is 4. The Balaban J connectivity index is 1.14. The topological polar surface area (TPSA) is 89.1 Å². The highest BCUT2D eigenvalue weighted by Gasteiger charge is 2.27. The van der Waals surface area contributed by atoms with Gasteiger partial charge < -0.3 is 14.4 Å². The molecule has 1 unspecified atom stereocenters. The van der Waals surface area contributed by atoms with Crippen LogP contribution in [-0.4, -0.2) is 43.6 Å². The molecule has 2 aromatic heterocycles. The standard InChI is InChI=1S/C26H27ClN6O2/c1-18-28-12-14-33(18)21-10-8-19(9-11-21)15-29-26(34)20-5-4-13-32(16-20)17-24-30-25(31-35-24)22-6-2-3-7-23(22)27/h2-3,6-12,14,20H,4-5,13,15-17H2,1H3,(H,29,34). The van der Waals surface area contributed by atoms with Crippen molar-refractivity contribution >= 4 is 17.5 Å². The van der Waals surface area contributed by atoms with Gasteiger partial charge in [-0.25, -0.2) is 4.98 Å². The van der Waals surface area contributed by atoms with Crippen LogP contribution in [0.15, 0.2) is 65.4 Å². The van der Waals surface area contributed by atoms with Crippen molar-refractivity contribution in [2.24, 2.45) is 5.92 Å². The van der Waals surface area contributed by atoms with Gasteiger partial charge in [-0.05, 0) is 56.1 Å². The molecule has 35 heavy (non-hydrogen) atoms. The molecule has 1 N–H and O–H groups in total. The van der Waals surface area contributed by atoms with E-state index >= 15 is 0 Å². The quantitative estimate of drug-likeness (QED) is 0.412. The number of rotatable bonds is 7. The van der Waals surface area contributed by atoms with Crippen LogP contribution >= 0.6 is 11.6 Å². The fourth-order valence-corrected chi connectivity index (χ4v) is 4.65. The van der Waals surface area contributed by atoms with Crippen LogP contribution in [-0.2, 0) is 17.9 Å². The van der Waals surface area contributed by atoms with Gasteiger partial charge in [0, 0.05) is 36.7 Å². The number of piperidine rings is 1. The van der Waals surface area contributed by atoms with Crippen LogP contribution in [0.25, 0.3) is 17.1 Å². The number of benzene rings is 2. The molecule has 0 spiro atoms. The van der Waals surface area contributed by atoms with E-state index in [1.165, 1.54) is 0 Å². The molecule has 1 saturated heterocycles. The Kier molecular flexibility index (Phi) is 6.92. The number of likely N-dealkylation sites (tertiary alicyclic amines) is 1. The van der Waals surface area contributed by atoms with E-state index in [0.29, 0.717) is 36.4 Å². The lowest BCUT2D eigenvalue weighted by molar-refractivity contribution is -0.127. The zero-order valence-electron chi connectivity index (χ0n) is 19.5. The van der Waals surface area contributed by atoms with E-state index < -0.39 is 0 Å². The first kappa shape index (κ1) is 23.3. The van der Waals surface area contributed by atoms with E-state index in [9.17, 15) is 4.79 Å². The van der Waals surface area contributed by atoms with Gasteiger partial charge in [0.1, 0.15) is 5.82 Å². The van der Waals surface area contributed by atoms with Gasteiger partial charge in [0.25, 0.3) is 0 Å². The summed E-state index contributed by atoms with van der Waals surface area (Å²) < 4.78 is 7.48. The van der Waals surface area contributed by atoms with Crippen LogP contribution in [0.4, 0.5) is 0 Å². The molecule has 0 radical (unpaired) electrons. The van der Waals surface area contributed by atoms with Crippen LogP contribution < -0.4 is 5.32 Å². The Labute approximate surface area is 208 Å². The second-order valence-corrected chi connectivity index (χ2v) is 9.20. The molecule has 2 aromatic carbocycles. The summed E-state index contributed by atoms with van der Waals surface area (Å²) in [4.78, 5) is 23.8. The minimum absolute atomic E-state index is 0.0671. The third-order valence-corrected chi connectivity index (χ3v) is 6.65. The zero-order valence-corrected chi connectivity index (χ0v) is 20.3. The average molecular weight is 491 g/mol. The van der Waals surface area contributed by atoms with Gasteiger partial charge in [-0.3, -0.25) is 9.69 Å². The minimum Gasteiger partial charge on any atom is -0.352 e. The van der Waals surface area contributed by atoms with Crippen molar-refractivity contribution in [3.8, 4) is 17.1 Å². The molecule has 1 aliphatic heterocycles. The second-order valence-electron chi connectivity index (χ2n) is 8.79. The van der Waals surface area contributed by atoms with Crippen molar-refractivity contribution in [3.63, 3.8) is 0 Å². The predicted octanol–water partition coefficient (Wildman–Crippen LogP) is 4.41. The summed E-state index contributed by atoms with van der Waals surface area (Å²) in [6.45, 7) is 4.54. The number of halogens is 1. The lowest BCUT2D eigenvalue weighted by atomic mass is 9.97. The number of nitrogens with zero attached hydrogens (tertiary/aromatic N) is 5. The molecular formula is C26H27ClN6O2. The van der Waals surface area contributed by atoms with Crippen molar-refractivity contribution in [2.45, 2.75) is 32.9 Å². The first-order valence-corrected chi connectivity index (χ1v) is 12.1. The van der Waals surface area contributed by atoms with Gasteiger partial charge in [0.2, 0.25) is 17.6 Å². The number of carbonyl (C=O) groups excluding carboxylic acids is 1. The van der Waals surface area contributed by atoms with E-state index in [-0.39, 0.29) is 11.8 Å². The van der Waals surface area contributed by atoms with Crippen LogP contribution in [0.2, 0.25) is 5.02 Å². The fraction of sp³-hybridized carbons (Fsp3) is 0.308. The molecule has 0 aliphatic carbocycles. The van der Waals surface area contributed by atoms with Gasteiger partial charge >= 0.3 is 0 Å². The third-order valence-electron chi connectivity index (χ3n) is 6.33. The highest BCUT2D eigenvalue weighted by molar-refractivity contribution is 6.33. The molecule has 1 fully saturated rings. The summed E-state index contributed by atoms with van der Waals surface area (Å²) in [6.07, 6.45) is 5.54. The minimum atomic E-state index is -0.0671. The largest absolute Gasteiger partial charge is 0.352 e. The van der Waals surface area contributed by atoms with Crippen LogP contribution in [0, 0.1) is 12.8 Å². The maximum absolute atomic E-state index is 12.9. The van der Waals surface area contributed by atoms with Crippen LogP contribution in [0.3, 0.4) is 0 Å². The third kappa shape index (κ3) is 5.44. The van der Waals surface area contributed by atoms with Crippen LogP contribution in [0.5, 0.6) is 0 Å². The summed E-state index contributed by atoms with van der Waals surface area (Å²) in [5.41, 5.74) is 2.86. The summed E-state index contributed by atoms with van der Waals surface area (Å²) >= 11 is 6.24. The molecule has 5 rings (SSSR count). The Morgan fingerprint density at radius 1 is 1.20 bits per heavy atom. The first-order valence-electron chi connectivity index (χ1n) is 11.7. The molecule has 0 bridgehead atoms. The number of amides is 1. The van der Waals surface area contributed by atoms with Gasteiger partial charge in [-0.1, -0.05) is 41.0 Å². The van der Waals surface area contributed by atoms with Crippen LogP contribution in [0.1, 0.15) is 30.1 Å². The summed E-state index contributed by atoms with van der Waals surface area (Å²) in [7, 11) is 0. The Morgan fingerprint density at radius 2 is 2.03 bits per heavy atom. The number of hydrogen-bond donors (Lipinski definition) is 1. The van der Waals surface area contributed by atoms with Crippen molar-refractivity contribution in [1.82, 2.24) is 29.9 Å². The zero-order chi connectivity index (χ0) is 24.2. The van der Waals surface area contributed by atoms with Gasteiger partial charge in [0.15, 0.2) is 0 Å². The highest BCUT2D eigenvalue weighted by Crippen LogP contribution is 2.26. The number of carbonyl (C=O) groups is 1. The number of hydrogen-bond acceptors (Lipinski definition) is 6. The molecule has 1 amide bonds. The second kappa shape index (κ2) is 10.4. The summed E-state index contributed by atoms with van der Waals surface area (Å²) in [6, 6.07) is 15.6. The SMILES string of the molecule is Cc1nccn1-c1ccc(CNC(=O)C2CCCN(Cc3nc(-c4ccccc4Cl)no3)C2)cc1. The molecule has 3 heterocycles. The Morgan fingerprint density at radius 3 is 2.80 bits per heavy atom. The fourth-order valence-electron chi connectivity index (χ4n) is 4.43. The van der Waals surface area contributed by atoms with Gasteiger partial charge in [0.05, 0.1) is 17.5 Å². The molecule has 180 valence electrons. The molecule has 1 atom stereocenters. The maximum atomic E-state index is 12.9. The maximum Gasteiger partial charge on any atom is 0.241 e. The lowest BCUT2D eigenvalue weighted by Crippen LogP contribution is -2.42.